The van der Waals surface area contributed by atoms with Crippen LogP contribution in [0.3, 0.4) is 0 Å². The molecule has 0 spiro atoms. The molecule has 0 unspecified atom stereocenters. The molecular formula is C17H25N4O2+. The highest BCUT2D eigenvalue weighted by atomic mass is 16.6. The van der Waals surface area contributed by atoms with Gasteiger partial charge in [0.05, 0.1) is 30.4 Å². The van der Waals surface area contributed by atoms with Crippen LogP contribution in [0.4, 0.5) is 11.4 Å². The Kier molecular flexibility index (Phi) is 3.69. The number of nitrogens with zero attached hydrogens (tertiary/aromatic N) is 2. The SMILES string of the molecule is CC(C)(C)c1cc2c([N+](=O)[O-])ccc([N+]3(C)CCNCC3)c2[nH]1. The number of hydrogen-bond donors (Lipinski definition) is 2. The van der Waals surface area contributed by atoms with Gasteiger partial charge in [0.15, 0.2) is 5.69 Å². The highest BCUT2D eigenvalue weighted by Crippen LogP contribution is 2.38. The zero-order valence-electron chi connectivity index (χ0n) is 14.3. The summed E-state index contributed by atoms with van der Waals surface area (Å²) in [7, 11) is 2.21. The number of non-ortho nitro benzene ring substituents is 1. The fraction of sp³-hybridized carbons (Fsp3) is 0.529. The van der Waals surface area contributed by atoms with Crippen LogP contribution >= 0.6 is 0 Å². The Morgan fingerprint density at radius 3 is 2.43 bits per heavy atom. The highest BCUT2D eigenvalue weighted by molar-refractivity contribution is 5.97. The van der Waals surface area contributed by atoms with Crippen LogP contribution in [0, 0.1) is 10.1 Å². The highest BCUT2D eigenvalue weighted by Gasteiger charge is 2.33. The van der Waals surface area contributed by atoms with E-state index in [9.17, 15) is 10.1 Å². The summed E-state index contributed by atoms with van der Waals surface area (Å²) >= 11 is 0. The number of hydrogen-bond acceptors (Lipinski definition) is 3. The molecule has 1 fully saturated rings. The Morgan fingerprint density at radius 1 is 1.22 bits per heavy atom. The number of aromatic nitrogens is 1. The molecule has 6 nitrogen and oxygen atoms in total. The Hall–Kier alpha value is -1.92. The molecule has 1 aromatic heterocycles. The molecular weight excluding hydrogens is 292 g/mol. The minimum absolute atomic E-state index is 0.0772. The lowest BCUT2D eigenvalue weighted by molar-refractivity contribution is -0.383. The summed E-state index contributed by atoms with van der Waals surface area (Å²) in [5, 5.41) is 15.5. The van der Waals surface area contributed by atoms with Gasteiger partial charge < -0.3 is 10.3 Å². The molecule has 23 heavy (non-hydrogen) atoms. The van der Waals surface area contributed by atoms with Crippen molar-refractivity contribution in [1.29, 1.82) is 0 Å². The molecule has 0 bridgehead atoms. The Labute approximate surface area is 136 Å². The standard InChI is InChI=1S/C17H25N4O2/c1-17(2,3)15-11-12-13(20(22)23)5-6-14(16(12)19-15)21(4)9-7-18-8-10-21/h5-6,11,18-19H,7-10H2,1-4H3/q+1. The van der Waals surface area contributed by atoms with Gasteiger partial charge in [0.2, 0.25) is 0 Å². The molecule has 6 heteroatoms. The fourth-order valence-corrected chi connectivity index (χ4v) is 3.33. The minimum atomic E-state index is -0.288. The Balaban J connectivity index is 2.25. The Bertz CT molecular complexity index is 752. The van der Waals surface area contributed by atoms with Crippen molar-refractivity contribution in [2.45, 2.75) is 26.2 Å². The lowest BCUT2D eigenvalue weighted by atomic mass is 9.92. The van der Waals surface area contributed by atoms with Crippen molar-refractivity contribution in [3.8, 4) is 0 Å². The summed E-state index contributed by atoms with van der Waals surface area (Å²) in [5.41, 5.74) is 3.18. The van der Waals surface area contributed by atoms with E-state index in [4.69, 9.17) is 0 Å². The predicted octanol–water partition coefficient (Wildman–Crippen LogP) is 2.91. The Morgan fingerprint density at radius 2 is 1.87 bits per heavy atom. The zero-order chi connectivity index (χ0) is 16.8. The van der Waals surface area contributed by atoms with Gasteiger partial charge >= 0.3 is 0 Å². The molecule has 124 valence electrons. The van der Waals surface area contributed by atoms with Gasteiger partial charge in [-0.3, -0.25) is 14.6 Å². The topological polar surface area (TPSA) is 71.0 Å². The first kappa shape index (κ1) is 16.0. The molecule has 2 heterocycles. The second-order valence-corrected chi connectivity index (χ2v) is 7.68. The van der Waals surface area contributed by atoms with Gasteiger partial charge in [-0.25, -0.2) is 0 Å². The molecule has 0 atom stereocenters. The maximum Gasteiger partial charge on any atom is 0.279 e. The van der Waals surface area contributed by atoms with Gasteiger partial charge in [-0.05, 0) is 6.07 Å². The first-order valence-corrected chi connectivity index (χ1v) is 8.09. The number of likely N-dealkylation sites (N-methyl/N-ethyl adjacent to an activating group) is 1. The largest absolute Gasteiger partial charge is 0.353 e. The van der Waals surface area contributed by atoms with E-state index >= 15 is 0 Å². The van der Waals surface area contributed by atoms with Gasteiger partial charge in [-0.1, -0.05) is 20.8 Å². The average Bonchev–Trinajstić information content (AvgIpc) is 2.91. The van der Waals surface area contributed by atoms with E-state index in [0.717, 1.165) is 52.9 Å². The maximum absolute atomic E-state index is 11.4. The molecule has 0 amide bonds. The molecule has 2 aromatic rings. The smallest absolute Gasteiger partial charge is 0.279 e. The number of H-pyrrole nitrogens is 1. The molecule has 0 saturated carbocycles. The predicted molar refractivity (Wildman–Crippen MR) is 94.0 cm³/mol. The van der Waals surface area contributed by atoms with Crippen LogP contribution in [0.1, 0.15) is 26.5 Å². The lowest BCUT2D eigenvalue weighted by Crippen LogP contribution is -2.57. The van der Waals surface area contributed by atoms with Crippen molar-refractivity contribution < 1.29 is 4.92 Å². The minimum Gasteiger partial charge on any atom is -0.353 e. The third-order valence-electron chi connectivity index (χ3n) is 4.90. The average molecular weight is 317 g/mol. The quantitative estimate of drug-likeness (QED) is 0.508. The molecule has 0 radical (unpaired) electrons. The number of rotatable bonds is 2. The molecule has 1 aliphatic heterocycles. The van der Waals surface area contributed by atoms with E-state index in [0.29, 0.717) is 0 Å². The second kappa shape index (κ2) is 5.32. The third kappa shape index (κ3) is 2.72. The number of quaternary nitrogens is 1. The monoisotopic (exact) mass is 317 g/mol. The van der Waals surface area contributed by atoms with Crippen molar-refractivity contribution in [3.05, 3.63) is 34.0 Å². The molecule has 1 aliphatic rings. The number of fused-ring (bicyclic) bond motifs is 1. The van der Waals surface area contributed by atoms with Crippen LogP contribution in [0.5, 0.6) is 0 Å². The summed E-state index contributed by atoms with van der Waals surface area (Å²) in [6.45, 7) is 10.2. The van der Waals surface area contributed by atoms with Crippen molar-refractivity contribution in [2.24, 2.45) is 0 Å². The normalized spacial score (nSPS) is 18.3. The van der Waals surface area contributed by atoms with Gasteiger partial charge in [0.1, 0.15) is 5.52 Å². The van der Waals surface area contributed by atoms with E-state index in [1.807, 2.05) is 12.1 Å². The summed E-state index contributed by atoms with van der Waals surface area (Å²) in [6.07, 6.45) is 0. The maximum atomic E-state index is 11.4. The molecule has 1 aromatic carbocycles. The van der Waals surface area contributed by atoms with Crippen LogP contribution in [-0.4, -0.2) is 43.1 Å². The van der Waals surface area contributed by atoms with Gasteiger partial charge in [-0.2, -0.15) is 0 Å². The summed E-state index contributed by atoms with van der Waals surface area (Å²) < 4.78 is 0.797. The van der Waals surface area contributed by atoms with Crippen molar-refractivity contribution in [1.82, 2.24) is 14.8 Å². The van der Waals surface area contributed by atoms with Crippen molar-refractivity contribution >= 4 is 22.3 Å². The van der Waals surface area contributed by atoms with Crippen LogP contribution < -0.4 is 9.80 Å². The molecule has 2 N–H and O–H groups in total. The fourth-order valence-electron chi connectivity index (χ4n) is 3.33. The van der Waals surface area contributed by atoms with E-state index in [-0.39, 0.29) is 16.0 Å². The second-order valence-electron chi connectivity index (χ2n) is 7.68. The number of nitro benzene ring substituents is 1. The van der Waals surface area contributed by atoms with E-state index < -0.39 is 0 Å². The zero-order valence-corrected chi connectivity index (χ0v) is 14.3. The van der Waals surface area contributed by atoms with Crippen LogP contribution in [0.25, 0.3) is 10.9 Å². The number of aromatic amines is 1. The van der Waals surface area contributed by atoms with Gasteiger partial charge in [0.25, 0.3) is 5.69 Å². The van der Waals surface area contributed by atoms with Crippen LogP contribution in [0.15, 0.2) is 18.2 Å². The number of benzene rings is 1. The number of piperazine rings is 1. The summed E-state index contributed by atoms with van der Waals surface area (Å²) in [4.78, 5) is 14.6. The van der Waals surface area contributed by atoms with Crippen LogP contribution in [-0.2, 0) is 5.41 Å². The van der Waals surface area contributed by atoms with Crippen molar-refractivity contribution in [2.75, 3.05) is 33.2 Å². The van der Waals surface area contributed by atoms with Gasteiger partial charge in [0, 0.05) is 36.3 Å². The summed E-state index contributed by atoms with van der Waals surface area (Å²) in [6, 6.07) is 5.53. The van der Waals surface area contributed by atoms with E-state index in [1.165, 1.54) is 0 Å². The van der Waals surface area contributed by atoms with E-state index in [1.54, 1.807) is 6.07 Å². The van der Waals surface area contributed by atoms with Crippen LogP contribution in [0.2, 0.25) is 0 Å². The van der Waals surface area contributed by atoms with Gasteiger partial charge in [-0.15, -0.1) is 0 Å². The summed E-state index contributed by atoms with van der Waals surface area (Å²) in [5.74, 6) is 0. The third-order valence-corrected chi connectivity index (χ3v) is 4.90. The number of nitro groups is 1. The molecule has 3 rings (SSSR count). The molecule has 1 saturated heterocycles. The number of nitrogens with one attached hydrogen (secondary N) is 2. The van der Waals surface area contributed by atoms with E-state index in [2.05, 4.69) is 38.1 Å². The first-order chi connectivity index (χ1) is 10.7. The lowest BCUT2D eigenvalue weighted by Gasteiger charge is -2.37. The molecule has 0 aliphatic carbocycles. The first-order valence-electron chi connectivity index (χ1n) is 8.09. The van der Waals surface area contributed by atoms with Crippen molar-refractivity contribution in [3.63, 3.8) is 0 Å².